The molecule has 0 unspecified atom stereocenters. The Labute approximate surface area is 139 Å². The SMILES string of the molecule is Cc1ccc2c(Nc3cc(S(C)(=O)=O)ccc3F)nccc2c1N. The van der Waals surface area contributed by atoms with Crippen molar-refractivity contribution in [1.82, 2.24) is 4.98 Å². The fourth-order valence-corrected chi connectivity index (χ4v) is 3.09. The van der Waals surface area contributed by atoms with E-state index in [0.717, 1.165) is 28.7 Å². The molecular weight excluding hydrogens is 329 g/mol. The van der Waals surface area contributed by atoms with Gasteiger partial charge in [-0.25, -0.2) is 17.8 Å². The van der Waals surface area contributed by atoms with Gasteiger partial charge in [0.2, 0.25) is 0 Å². The van der Waals surface area contributed by atoms with Crippen LogP contribution in [0.3, 0.4) is 0 Å². The van der Waals surface area contributed by atoms with Crippen LogP contribution in [0.25, 0.3) is 10.8 Å². The van der Waals surface area contributed by atoms with Crippen molar-refractivity contribution in [2.75, 3.05) is 17.3 Å². The number of anilines is 3. The lowest BCUT2D eigenvalue weighted by Crippen LogP contribution is -2.02. The van der Waals surface area contributed by atoms with Gasteiger partial charge in [0, 0.05) is 28.9 Å². The maximum absolute atomic E-state index is 14.1. The van der Waals surface area contributed by atoms with Gasteiger partial charge in [-0.3, -0.25) is 0 Å². The van der Waals surface area contributed by atoms with Gasteiger partial charge in [-0.15, -0.1) is 0 Å². The monoisotopic (exact) mass is 345 g/mol. The van der Waals surface area contributed by atoms with E-state index in [-0.39, 0.29) is 10.6 Å². The standard InChI is InChI=1S/C17H16FN3O2S/c1-10-3-5-13-12(16(10)19)7-8-20-17(13)21-15-9-11(24(2,22)23)4-6-14(15)18/h3-9H,19H2,1-2H3,(H,20,21). The number of fused-ring (bicyclic) bond motifs is 1. The van der Waals surface area contributed by atoms with Crippen LogP contribution < -0.4 is 11.1 Å². The molecule has 0 fully saturated rings. The number of rotatable bonds is 3. The van der Waals surface area contributed by atoms with Crippen LogP contribution in [0.5, 0.6) is 0 Å². The van der Waals surface area contributed by atoms with E-state index >= 15 is 0 Å². The second-order valence-corrected chi connectivity index (χ2v) is 7.61. The maximum Gasteiger partial charge on any atom is 0.175 e. The number of nitrogens with zero attached hydrogens (tertiary/aromatic N) is 1. The molecule has 0 amide bonds. The predicted molar refractivity (Wildman–Crippen MR) is 93.7 cm³/mol. The molecule has 3 rings (SSSR count). The molecule has 0 radical (unpaired) electrons. The predicted octanol–water partition coefficient (Wildman–Crippen LogP) is 3.41. The number of pyridine rings is 1. The first-order valence-corrected chi connectivity index (χ1v) is 9.07. The van der Waals surface area contributed by atoms with Crippen LogP contribution in [-0.2, 0) is 9.84 Å². The molecule has 7 heteroatoms. The van der Waals surface area contributed by atoms with Crippen LogP contribution in [0.2, 0.25) is 0 Å². The number of hydrogen-bond acceptors (Lipinski definition) is 5. The van der Waals surface area contributed by atoms with Crippen molar-refractivity contribution in [3.63, 3.8) is 0 Å². The Morgan fingerprint density at radius 3 is 2.58 bits per heavy atom. The van der Waals surface area contributed by atoms with E-state index in [1.807, 2.05) is 19.1 Å². The summed E-state index contributed by atoms with van der Waals surface area (Å²) in [6.07, 6.45) is 2.64. The van der Waals surface area contributed by atoms with Crippen molar-refractivity contribution in [3.8, 4) is 0 Å². The van der Waals surface area contributed by atoms with Gasteiger partial charge in [0.05, 0.1) is 10.6 Å². The molecule has 0 bridgehead atoms. The second kappa shape index (κ2) is 5.76. The zero-order valence-corrected chi connectivity index (χ0v) is 14.0. The molecule has 1 heterocycles. The van der Waals surface area contributed by atoms with E-state index in [1.54, 1.807) is 12.3 Å². The average Bonchev–Trinajstić information content (AvgIpc) is 2.52. The molecule has 0 spiro atoms. The molecular formula is C17H16FN3O2S. The molecule has 2 aromatic carbocycles. The summed E-state index contributed by atoms with van der Waals surface area (Å²) < 4.78 is 37.4. The Morgan fingerprint density at radius 2 is 1.88 bits per heavy atom. The van der Waals surface area contributed by atoms with Crippen molar-refractivity contribution >= 4 is 37.8 Å². The van der Waals surface area contributed by atoms with Crippen LogP contribution in [0.15, 0.2) is 47.5 Å². The number of aryl methyl sites for hydroxylation is 1. The molecule has 0 saturated carbocycles. The van der Waals surface area contributed by atoms with Crippen molar-refractivity contribution in [2.24, 2.45) is 0 Å². The van der Waals surface area contributed by atoms with Crippen molar-refractivity contribution in [2.45, 2.75) is 11.8 Å². The third-order valence-electron chi connectivity index (χ3n) is 3.82. The first-order chi connectivity index (χ1) is 11.3. The van der Waals surface area contributed by atoms with E-state index < -0.39 is 15.7 Å². The summed E-state index contributed by atoms with van der Waals surface area (Å²) in [6.45, 7) is 1.90. The Hall–Kier alpha value is -2.67. The van der Waals surface area contributed by atoms with E-state index in [9.17, 15) is 12.8 Å². The molecule has 0 saturated heterocycles. The van der Waals surface area contributed by atoms with Gasteiger partial charge >= 0.3 is 0 Å². The molecule has 3 N–H and O–H groups in total. The van der Waals surface area contributed by atoms with E-state index in [2.05, 4.69) is 10.3 Å². The summed E-state index contributed by atoms with van der Waals surface area (Å²) in [5.74, 6) is -0.162. The van der Waals surface area contributed by atoms with Crippen molar-refractivity contribution in [3.05, 3.63) is 54.0 Å². The smallest absolute Gasteiger partial charge is 0.175 e. The van der Waals surface area contributed by atoms with Gasteiger partial charge in [-0.05, 0) is 36.8 Å². The average molecular weight is 345 g/mol. The van der Waals surface area contributed by atoms with Gasteiger partial charge in [-0.1, -0.05) is 12.1 Å². The highest BCUT2D eigenvalue weighted by Gasteiger charge is 2.13. The summed E-state index contributed by atoms with van der Waals surface area (Å²) >= 11 is 0. The molecule has 24 heavy (non-hydrogen) atoms. The van der Waals surface area contributed by atoms with Gasteiger partial charge in [0.1, 0.15) is 11.6 Å². The van der Waals surface area contributed by atoms with Crippen LogP contribution in [0, 0.1) is 12.7 Å². The Bertz CT molecular complexity index is 1050. The minimum Gasteiger partial charge on any atom is -0.398 e. The van der Waals surface area contributed by atoms with Gasteiger partial charge in [-0.2, -0.15) is 0 Å². The highest BCUT2D eigenvalue weighted by Crippen LogP contribution is 2.31. The fraction of sp³-hybridized carbons (Fsp3) is 0.118. The molecule has 0 aliphatic carbocycles. The van der Waals surface area contributed by atoms with Gasteiger partial charge in [0.15, 0.2) is 9.84 Å². The number of hydrogen-bond donors (Lipinski definition) is 2. The lowest BCUT2D eigenvalue weighted by Gasteiger charge is -2.12. The van der Waals surface area contributed by atoms with E-state index in [4.69, 9.17) is 5.73 Å². The third-order valence-corrected chi connectivity index (χ3v) is 4.93. The highest BCUT2D eigenvalue weighted by molar-refractivity contribution is 7.90. The third kappa shape index (κ3) is 2.90. The number of benzene rings is 2. The maximum atomic E-state index is 14.1. The number of nitrogens with one attached hydrogen (secondary N) is 1. The zero-order valence-electron chi connectivity index (χ0n) is 13.2. The minimum absolute atomic E-state index is 0.0296. The molecule has 5 nitrogen and oxygen atoms in total. The zero-order chi connectivity index (χ0) is 17.5. The summed E-state index contributed by atoms with van der Waals surface area (Å²) in [6, 6.07) is 9.08. The molecule has 1 aromatic heterocycles. The Kier molecular flexibility index (Phi) is 3.88. The molecule has 0 atom stereocenters. The summed E-state index contributed by atoms with van der Waals surface area (Å²) in [4.78, 5) is 4.25. The van der Waals surface area contributed by atoms with E-state index in [1.165, 1.54) is 12.1 Å². The Balaban J connectivity index is 2.13. The van der Waals surface area contributed by atoms with Crippen molar-refractivity contribution < 1.29 is 12.8 Å². The largest absolute Gasteiger partial charge is 0.398 e. The molecule has 124 valence electrons. The van der Waals surface area contributed by atoms with Crippen LogP contribution in [-0.4, -0.2) is 19.7 Å². The number of aromatic nitrogens is 1. The second-order valence-electron chi connectivity index (χ2n) is 5.59. The number of nitrogens with two attached hydrogens (primary N) is 1. The number of halogens is 1. The Morgan fingerprint density at radius 1 is 1.12 bits per heavy atom. The first kappa shape index (κ1) is 16.2. The molecule has 0 aliphatic heterocycles. The number of sulfone groups is 1. The van der Waals surface area contributed by atoms with E-state index in [0.29, 0.717) is 11.5 Å². The summed E-state index contributed by atoms with van der Waals surface area (Å²) in [7, 11) is -3.44. The number of nitrogen functional groups attached to an aromatic ring is 1. The van der Waals surface area contributed by atoms with Gasteiger partial charge in [0.25, 0.3) is 0 Å². The van der Waals surface area contributed by atoms with Gasteiger partial charge < -0.3 is 11.1 Å². The lowest BCUT2D eigenvalue weighted by atomic mass is 10.1. The quantitative estimate of drug-likeness (QED) is 0.561. The molecule has 3 aromatic rings. The lowest BCUT2D eigenvalue weighted by molar-refractivity contribution is 0.600. The van der Waals surface area contributed by atoms with Crippen LogP contribution in [0.1, 0.15) is 5.56 Å². The fourth-order valence-electron chi connectivity index (χ4n) is 2.45. The topological polar surface area (TPSA) is 85.1 Å². The summed E-state index contributed by atoms with van der Waals surface area (Å²) in [5, 5.41) is 4.39. The highest BCUT2D eigenvalue weighted by atomic mass is 32.2. The molecule has 0 aliphatic rings. The van der Waals surface area contributed by atoms with Crippen LogP contribution >= 0.6 is 0 Å². The van der Waals surface area contributed by atoms with Crippen LogP contribution in [0.4, 0.5) is 21.6 Å². The normalized spacial score (nSPS) is 11.6. The first-order valence-electron chi connectivity index (χ1n) is 7.18. The minimum atomic E-state index is -3.44. The summed E-state index contributed by atoms with van der Waals surface area (Å²) in [5.41, 5.74) is 7.68. The van der Waals surface area contributed by atoms with Crippen molar-refractivity contribution in [1.29, 1.82) is 0 Å².